The number of carboxylic acid groups (broad SMARTS) is 1. The fourth-order valence-electron chi connectivity index (χ4n) is 4.36. The topological polar surface area (TPSA) is 109 Å². The molecular weight excluding hydrogens is 354 g/mol. The Labute approximate surface area is 161 Å². The van der Waals surface area contributed by atoms with Crippen molar-refractivity contribution in [3.05, 3.63) is 48.5 Å². The van der Waals surface area contributed by atoms with Gasteiger partial charge in [0.1, 0.15) is 22.9 Å². The number of carboxylic acids is 1. The molecule has 1 saturated carbocycles. The summed E-state index contributed by atoms with van der Waals surface area (Å²) in [6.07, 6.45) is 6.55. The van der Waals surface area contributed by atoms with E-state index >= 15 is 0 Å². The SMILES string of the molecule is Nc1nccn2c(C3CCC(C(=O)O)CC3)nc(-c3cc4ccccc4[nH]3)c12. The fraction of sp³-hybridized carbons (Fsp3) is 0.286. The summed E-state index contributed by atoms with van der Waals surface area (Å²) in [7, 11) is 0. The zero-order chi connectivity index (χ0) is 19.3. The van der Waals surface area contributed by atoms with Gasteiger partial charge in [-0.2, -0.15) is 0 Å². The number of H-pyrrole nitrogens is 1. The van der Waals surface area contributed by atoms with Crippen LogP contribution in [0.4, 0.5) is 5.82 Å². The summed E-state index contributed by atoms with van der Waals surface area (Å²) < 4.78 is 2.02. The molecule has 0 radical (unpaired) electrons. The Kier molecular flexibility index (Phi) is 3.82. The van der Waals surface area contributed by atoms with Crippen LogP contribution in [0.5, 0.6) is 0 Å². The van der Waals surface area contributed by atoms with Crippen LogP contribution < -0.4 is 5.73 Å². The highest BCUT2D eigenvalue weighted by atomic mass is 16.4. The number of nitrogens with one attached hydrogen (secondary N) is 1. The van der Waals surface area contributed by atoms with E-state index in [1.54, 1.807) is 6.20 Å². The third kappa shape index (κ3) is 2.62. The van der Waals surface area contributed by atoms with Gasteiger partial charge in [-0.3, -0.25) is 9.20 Å². The number of nitrogen functional groups attached to an aromatic ring is 1. The first kappa shape index (κ1) is 16.8. The zero-order valence-corrected chi connectivity index (χ0v) is 15.3. The van der Waals surface area contributed by atoms with Crippen LogP contribution >= 0.6 is 0 Å². The van der Waals surface area contributed by atoms with Gasteiger partial charge >= 0.3 is 5.97 Å². The lowest BCUT2D eigenvalue weighted by Crippen LogP contribution is -2.21. The summed E-state index contributed by atoms with van der Waals surface area (Å²) in [6.45, 7) is 0. The molecule has 1 aliphatic carbocycles. The van der Waals surface area contributed by atoms with Gasteiger partial charge in [0, 0.05) is 29.2 Å². The number of aromatic nitrogens is 4. The number of hydrogen-bond donors (Lipinski definition) is 3. The van der Waals surface area contributed by atoms with E-state index in [2.05, 4.69) is 22.1 Å². The lowest BCUT2D eigenvalue weighted by atomic mass is 9.81. The number of carbonyl (C=O) groups is 1. The summed E-state index contributed by atoms with van der Waals surface area (Å²) in [5, 5.41) is 10.4. The highest BCUT2D eigenvalue weighted by Crippen LogP contribution is 2.38. The summed E-state index contributed by atoms with van der Waals surface area (Å²) in [6, 6.07) is 10.2. The number of benzene rings is 1. The Hall–Kier alpha value is -3.35. The molecule has 3 heterocycles. The lowest BCUT2D eigenvalue weighted by Gasteiger charge is -2.25. The number of nitrogens with two attached hydrogens (primary N) is 1. The molecule has 4 N–H and O–H groups in total. The van der Waals surface area contributed by atoms with E-state index in [9.17, 15) is 9.90 Å². The van der Waals surface area contributed by atoms with E-state index in [0.717, 1.165) is 46.5 Å². The maximum atomic E-state index is 11.3. The quantitative estimate of drug-likeness (QED) is 0.504. The van der Waals surface area contributed by atoms with Crippen LogP contribution in [0.1, 0.15) is 37.4 Å². The number of hydrogen-bond acceptors (Lipinski definition) is 4. The average molecular weight is 375 g/mol. The van der Waals surface area contributed by atoms with Crippen LogP contribution in [-0.4, -0.2) is 30.4 Å². The fourth-order valence-corrected chi connectivity index (χ4v) is 4.36. The summed E-state index contributed by atoms with van der Waals surface area (Å²) in [5.74, 6) is 0.639. The van der Waals surface area contributed by atoms with Crippen molar-refractivity contribution in [2.24, 2.45) is 5.92 Å². The molecule has 0 bridgehead atoms. The Balaban J connectivity index is 1.62. The van der Waals surface area contributed by atoms with Crippen LogP contribution in [0, 0.1) is 5.92 Å². The molecule has 3 aromatic heterocycles. The number of fused-ring (bicyclic) bond motifs is 2. The first-order chi connectivity index (χ1) is 13.6. The molecule has 142 valence electrons. The van der Waals surface area contributed by atoms with Gasteiger partial charge in [-0.05, 0) is 37.8 Å². The van der Waals surface area contributed by atoms with Crippen molar-refractivity contribution in [2.75, 3.05) is 5.73 Å². The van der Waals surface area contributed by atoms with Gasteiger partial charge in [0.2, 0.25) is 0 Å². The second-order valence-corrected chi connectivity index (χ2v) is 7.51. The zero-order valence-electron chi connectivity index (χ0n) is 15.3. The number of rotatable bonds is 3. The number of aliphatic carboxylic acids is 1. The minimum absolute atomic E-state index is 0.211. The van der Waals surface area contributed by atoms with Crippen molar-refractivity contribution in [3.8, 4) is 11.4 Å². The van der Waals surface area contributed by atoms with E-state index in [1.165, 1.54) is 0 Å². The van der Waals surface area contributed by atoms with Gasteiger partial charge in [0.25, 0.3) is 0 Å². The maximum Gasteiger partial charge on any atom is 0.306 e. The van der Waals surface area contributed by atoms with Crippen LogP contribution in [-0.2, 0) is 4.79 Å². The molecule has 1 aromatic carbocycles. The minimum atomic E-state index is -0.696. The first-order valence-corrected chi connectivity index (χ1v) is 9.55. The second-order valence-electron chi connectivity index (χ2n) is 7.51. The van der Waals surface area contributed by atoms with E-state index in [-0.39, 0.29) is 11.8 Å². The summed E-state index contributed by atoms with van der Waals surface area (Å²) in [5.41, 5.74) is 9.77. The number of nitrogens with zero attached hydrogens (tertiary/aromatic N) is 3. The third-order valence-corrected chi connectivity index (χ3v) is 5.84. The van der Waals surface area contributed by atoms with Crippen LogP contribution in [0.2, 0.25) is 0 Å². The molecule has 7 heteroatoms. The number of anilines is 1. The molecule has 0 unspecified atom stereocenters. The monoisotopic (exact) mass is 375 g/mol. The molecule has 0 atom stereocenters. The Bertz CT molecular complexity index is 1150. The van der Waals surface area contributed by atoms with E-state index in [0.29, 0.717) is 18.7 Å². The normalized spacial score (nSPS) is 20.0. The third-order valence-electron chi connectivity index (χ3n) is 5.84. The number of imidazole rings is 1. The molecule has 28 heavy (non-hydrogen) atoms. The molecule has 0 aliphatic heterocycles. The van der Waals surface area contributed by atoms with Gasteiger partial charge in [0.15, 0.2) is 0 Å². The molecule has 0 spiro atoms. The van der Waals surface area contributed by atoms with Crippen molar-refractivity contribution in [3.63, 3.8) is 0 Å². The van der Waals surface area contributed by atoms with Gasteiger partial charge in [0.05, 0.1) is 11.6 Å². The molecule has 0 amide bonds. The lowest BCUT2D eigenvalue weighted by molar-refractivity contribution is -0.142. The van der Waals surface area contributed by atoms with E-state index < -0.39 is 5.97 Å². The van der Waals surface area contributed by atoms with Gasteiger partial charge in [-0.25, -0.2) is 9.97 Å². The molecule has 7 nitrogen and oxygen atoms in total. The van der Waals surface area contributed by atoms with Crippen LogP contribution in [0.3, 0.4) is 0 Å². The Morgan fingerprint density at radius 2 is 2.00 bits per heavy atom. The summed E-state index contributed by atoms with van der Waals surface area (Å²) >= 11 is 0. The largest absolute Gasteiger partial charge is 0.481 e. The molecule has 4 aromatic rings. The molecule has 1 fully saturated rings. The molecule has 1 aliphatic rings. The van der Waals surface area contributed by atoms with Crippen molar-refractivity contribution in [1.82, 2.24) is 19.4 Å². The standard InChI is InChI=1S/C21H21N5O2/c22-19-18-17(16-11-14-3-1-2-4-15(14)24-16)25-20(26(18)10-9-23-19)12-5-7-13(8-6-12)21(27)28/h1-4,9-13,24H,5-8H2,(H2,22,23)(H,27,28). The Morgan fingerprint density at radius 1 is 1.21 bits per heavy atom. The van der Waals surface area contributed by atoms with E-state index in [4.69, 9.17) is 10.7 Å². The highest BCUT2D eigenvalue weighted by molar-refractivity contribution is 5.91. The van der Waals surface area contributed by atoms with Gasteiger partial charge < -0.3 is 15.8 Å². The molecule has 5 rings (SSSR count). The highest BCUT2D eigenvalue weighted by Gasteiger charge is 2.30. The smallest absolute Gasteiger partial charge is 0.306 e. The van der Waals surface area contributed by atoms with E-state index in [1.807, 2.05) is 28.8 Å². The van der Waals surface area contributed by atoms with Crippen molar-refractivity contribution >= 4 is 28.2 Å². The van der Waals surface area contributed by atoms with Crippen LogP contribution in [0.25, 0.3) is 27.8 Å². The van der Waals surface area contributed by atoms with Gasteiger partial charge in [-0.15, -0.1) is 0 Å². The van der Waals surface area contributed by atoms with Crippen molar-refractivity contribution in [2.45, 2.75) is 31.6 Å². The van der Waals surface area contributed by atoms with Crippen molar-refractivity contribution in [1.29, 1.82) is 0 Å². The minimum Gasteiger partial charge on any atom is -0.481 e. The first-order valence-electron chi connectivity index (χ1n) is 9.55. The van der Waals surface area contributed by atoms with Crippen LogP contribution in [0.15, 0.2) is 42.7 Å². The predicted molar refractivity (Wildman–Crippen MR) is 107 cm³/mol. The van der Waals surface area contributed by atoms with Crippen molar-refractivity contribution < 1.29 is 9.90 Å². The molecule has 0 saturated heterocycles. The Morgan fingerprint density at radius 3 is 2.75 bits per heavy atom. The number of para-hydroxylation sites is 1. The predicted octanol–water partition coefficient (Wildman–Crippen LogP) is 3.82. The second kappa shape index (κ2) is 6.37. The maximum absolute atomic E-state index is 11.3. The average Bonchev–Trinajstić information content (AvgIpc) is 3.30. The summed E-state index contributed by atoms with van der Waals surface area (Å²) in [4.78, 5) is 24.0. The van der Waals surface area contributed by atoms with Gasteiger partial charge in [-0.1, -0.05) is 18.2 Å². The molecular formula is C21H21N5O2. The number of aromatic amines is 1.